The number of rotatable bonds is 2. The van der Waals surface area contributed by atoms with Crippen molar-refractivity contribution in [3.8, 4) is 0 Å². The molecule has 0 fully saturated rings. The predicted molar refractivity (Wildman–Crippen MR) is 91.0 cm³/mol. The highest BCUT2D eigenvalue weighted by molar-refractivity contribution is 7.12. The fourth-order valence-corrected chi connectivity index (χ4v) is 3.12. The van der Waals surface area contributed by atoms with Crippen molar-refractivity contribution in [3.05, 3.63) is 62.2 Å². The SMILES string of the molecule is Cc1ccsc1C(=O)NNC(=O)c1nn(C)c(=O)c2ccccc12. The van der Waals surface area contributed by atoms with Gasteiger partial charge in [0.15, 0.2) is 5.69 Å². The van der Waals surface area contributed by atoms with Gasteiger partial charge in [0.2, 0.25) is 0 Å². The summed E-state index contributed by atoms with van der Waals surface area (Å²) in [7, 11) is 1.47. The van der Waals surface area contributed by atoms with Crippen LogP contribution in [0.25, 0.3) is 10.8 Å². The summed E-state index contributed by atoms with van der Waals surface area (Å²) < 4.78 is 1.10. The minimum absolute atomic E-state index is 0.0656. The zero-order chi connectivity index (χ0) is 17.3. The van der Waals surface area contributed by atoms with Gasteiger partial charge in [0.25, 0.3) is 17.4 Å². The number of thiophene rings is 1. The fourth-order valence-electron chi connectivity index (χ4n) is 2.30. The minimum Gasteiger partial charge on any atom is -0.267 e. The van der Waals surface area contributed by atoms with Crippen molar-refractivity contribution < 1.29 is 9.59 Å². The first-order chi connectivity index (χ1) is 11.5. The average molecular weight is 342 g/mol. The van der Waals surface area contributed by atoms with Gasteiger partial charge in [0.1, 0.15) is 0 Å². The Bertz CT molecular complexity index is 1010. The molecule has 7 nitrogen and oxygen atoms in total. The summed E-state index contributed by atoms with van der Waals surface area (Å²) in [6.45, 7) is 1.81. The number of benzene rings is 1. The summed E-state index contributed by atoms with van der Waals surface area (Å²) in [5.41, 5.74) is 5.32. The zero-order valence-corrected chi connectivity index (χ0v) is 13.8. The summed E-state index contributed by atoms with van der Waals surface area (Å²) >= 11 is 1.29. The molecule has 0 saturated heterocycles. The molecule has 122 valence electrons. The van der Waals surface area contributed by atoms with Crippen LogP contribution in [0.1, 0.15) is 25.7 Å². The van der Waals surface area contributed by atoms with Crippen LogP contribution in [-0.4, -0.2) is 21.6 Å². The highest BCUT2D eigenvalue weighted by Gasteiger charge is 2.17. The van der Waals surface area contributed by atoms with Crippen molar-refractivity contribution in [1.29, 1.82) is 0 Å². The lowest BCUT2D eigenvalue weighted by Crippen LogP contribution is -2.42. The fraction of sp³-hybridized carbons (Fsp3) is 0.125. The van der Waals surface area contributed by atoms with E-state index in [1.165, 1.54) is 18.4 Å². The van der Waals surface area contributed by atoms with Gasteiger partial charge in [-0.3, -0.25) is 25.2 Å². The molecule has 0 radical (unpaired) electrons. The molecule has 0 aliphatic rings. The van der Waals surface area contributed by atoms with Gasteiger partial charge in [-0.15, -0.1) is 11.3 Å². The van der Waals surface area contributed by atoms with E-state index in [0.29, 0.717) is 15.6 Å². The number of nitrogens with one attached hydrogen (secondary N) is 2. The maximum Gasteiger partial charge on any atom is 0.290 e. The predicted octanol–water partition coefficient (Wildman–Crippen LogP) is 1.38. The van der Waals surface area contributed by atoms with E-state index in [2.05, 4.69) is 16.0 Å². The van der Waals surface area contributed by atoms with Crippen LogP contribution in [0.2, 0.25) is 0 Å². The molecule has 8 heteroatoms. The monoisotopic (exact) mass is 342 g/mol. The quantitative estimate of drug-likeness (QED) is 0.688. The molecule has 24 heavy (non-hydrogen) atoms. The Morgan fingerprint density at radius 2 is 1.75 bits per heavy atom. The molecule has 3 aromatic rings. The maximum atomic E-state index is 12.4. The lowest BCUT2D eigenvalue weighted by Gasteiger charge is -2.09. The van der Waals surface area contributed by atoms with Crippen LogP contribution in [0.15, 0.2) is 40.5 Å². The van der Waals surface area contributed by atoms with E-state index in [4.69, 9.17) is 0 Å². The van der Waals surface area contributed by atoms with E-state index in [-0.39, 0.29) is 11.3 Å². The summed E-state index contributed by atoms with van der Waals surface area (Å²) in [5.74, 6) is -0.991. The first kappa shape index (κ1) is 15.9. The third-order valence-corrected chi connectivity index (χ3v) is 4.54. The van der Waals surface area contributed by atoms with E-state index >= 15 is 0 Å². The Hall–Kier alpha value is -3.00. The molecule has 2 aromatic heterocycles. The number of amides is 2. The lowest BCUT2D eigenvalue weighted by molar-refractivity contribution is 0.0845. The van der Waals surface area contributed by atoms with Crippen LogP contribution in [0, 0.1) is 6.92 Å². The summed E-state index contributed by atoms with van der Waals surface area (Å²) in [4.78, 5) is 37.0. The van der Waals surface area contributed by atoms with Gasteiger partial charge < -0.3 is 0 Å². The number of hydrogen-bond donors (Lipinski definition) is 2. The number of hydrogen-bond acceptors (Lipinski definition) is 5. The number of fused-ring (bicyclic) bond motifs is 1. The zero-order valence-electron chi connectivity index (χ0n) is 13.0. The molecular formula is C16H14N4O3S. The molecule has 0 bridgehead atoms. The first-order valence-corrected chi connectivity index (χ1v) is 7.98. The second-order valence-electron chi connectivity index (χ2n) is 5.16. The van der Waals surface area contributed by atoms with Gasteiger partial charge in [-0.1, -0.05) is 18.2 Å². The van der Waals surface area contributed by atoms with Crippen molar-refractivity contribution >= 4 is 33.9 Å². The van der Waals surface area contributed by atoms with E-state index in [0.717, 1.165) is 10.2 Å². The Labute approximate surface area is 140 Å². The van der Waals surface area contributed by atoms with Gasteiger partial charge >= 0.3 is 0 Å². The van der Waals surface area contributed by atoms with E-state index in [1.807, 2.05) is 13.0 Å². The molecular weight excluding hydrogens is 328 g/mol. The average Bonchev–Trinajstić information content (AvgIpc) is 3.02. The Morgan fingerprint density at radius 3 is 2.42 bits per heavy atom. The minimum atomic E-state index is -0.593. The van der Waals surface area contributed by atoms with Gasteiger partial charge in [0, 0.05) is 12.4 Å². The normalized spacial score (nSPS) is 10.6. The number of aromatic nitrogens is 2. The largest absolute Gasteiger partial charge is 0.290 e. The second-order valence-corrected chi connectivity index (χ2v) is 6.08. The molecule has 1 aromatic carbocycles. The van der Waals surface area contributed by atoms with Gasteiger partial charge in [-0.25, -0.2) is 4.68 Å². The molecule has 0 spiro atoms. The molecule has 0 aliphatic carbocycles. The van der Waals surface area contributed by atoms with E-state index in [9.17, 15) is 14.4 Å². The third kappa shape index (κ3) is 2.79. The van der Waals surface area contributed by atoms with E-state index in [1.54, 1.807) is 29.6 Å². The molecule has 0 atom stereocenters. The Kier molecular flexibility index (Phi) is 4.13. The number of nitrogens with zero attached hydrogens (tertiary/aromatic N) is 2. The van der Waals surface area contributed by atoms with Crippen LogP contribution < -0.4 is 16.4 Å². The summed E-state index contributed by atoms with van der Waals surface area (Å²) in [5, 5.41) is 6.62. The van der Waals surface area contributed by atoms with Crippen LogP contribution in [0.5, 0.6) is 0 Å². The number of carbonyl (C=O) groups excluding carboxylic acids is 2. The highest BCUT2D eigenvalue weighted by atomic mass is 32.1. The topological polar surface area (TPSA) is 93.1 Å². The Morgan fingerprint density at radius 1 is 1.08 bits per heavy atom. The van der Waals surface area contributed by atoms with Crippen molar-refractivity contribution in [2.75, 3.05) is 0 Å². The molecule has 2 heterocycles. The van der Waals surface area contributed by atoms with Gasteiger partial charge in [-0.2, -0.15) is 5.10 Å². The van der Waals surface area contributed by atoms with Crippen molar-refractivity contribution in [2.24, 2.45) is 7.05 Å². The third-order valence-electron chi connectivity index (χ3n) is 3.53. The maximum absolute atomic E-state index is 12.4. The van der Waals surface area contributed by atoms with Crippen LogP contribution in [-0.2, 0) is 7.05 Å². The van der Waals surface area contributed by atoms with Gasteiger partial charge in [-0.05, 0) is 30.0 Å². The van der Waals surface area contributed by atoms with Gasteiger partial charge in [0.05, 0.1) is 10.3 Å². The molecule has 0 saturated carbocycles. The van der Waals surface area contributed by atoms with Crippen molar-refractivity contribution in [3.63, 3.8) is 0 Å². The van der Waals surface area contributed by atoms with E-state index < -0.39 is 11.8 Å². The standard InChI is InChI=1S/C16H14N4O3S/c1-9-7-8-24-13(9)15(22)18-17-14(21)12-10-5-3-4-6-11(10)16(23)20(2)19-12/h3-8H,1-2H3,(H,17,21)(H,18,22). The number of hydrazine groups is 1. The summed E-state index contributed by atoms with van der Waals surface area (Å²) in [6.07, 6.45) is 0. The number of aryl methyl sites for hydroxylation is 2. The summed E-state index contributed by atoms with van der Waals surface area (Å²) in [6, 6.07) is 8.53. The van der Waals surface area contributed by atoms with Crippen molar-refractivity contribution in [2.45, 2.75) is 6.92 Å². The first-order valence-electron chi connectivity index (χ1n) is 7.10. The Balaban J connectivity index is 1.87. The number of carbonyl (C=O) groups is 2. The highest BCUT2D eigenvalue weighted by Crippen LogP contribution is 2.15. The van der Waals surface area contributed by atoms with Crippen LogP contribution in [0.3, 0.4) is 0 Å². The molecule has 0 unspecified atom stereocenters. The smallest absolute Gasteiger partial charge is 0.267 e. The lowest BCUT2D eigenvalue weighted by atomic mass is 10.1. The van der Waals surface area contributed by atoms with Crippen molar-refractivity contribution in [1.82, 2.24) is 20.6 Å². The molecule has 3 rings (SSSR count). The molecule has 0 aliphatic heterocycles. The van der Waals surface area contributed by atoms with Crippen LogP contribution >= 0.6 is 11.3 Å². The molecule has 2 N–H and O–H groups in total. The molecule has 2 amide bonds. The second kappa shape index (κ2) is 6.25. The van der Waals surface area contributed by atoms with Crippen LogP contribution in [0.4, 0.5) is 0 Å².